The van der Waals surface area contributed by atoms with Crippen molar-refractivity contribution in [1.82, 2.24) is 10.3 Å². The molecule has 0 aliphatic carbocycles. The molecule has 2 rings (SSSR count). The quantitative estimate of drug-likeness (QED) is 0.879. The normalized spacial score (nSPS) is 10.5. The monoisotopic (exact) mass is 232 g/mol. The summed E-state index contributed by atoms with van der Waals surface area (Å²) in [6.45, 7) is 2.71. The molecule has 4 heteroatoms. The van der Waals surface area contributed by atoms with Gasteiger partial charge in [0.25, 0.3) is 0 Å². The van der Waals surface area contributed by atoms with E-state index >= 15 is 0 Å². The summed E-state index contributed by atoms with van der Waals surface area (Å²) in [5.74, 6) is 1.46. The van der Waals surface area contributed by atoms with E-state index < -0.39 is 0 Å². The molecule has 1 aromatic heterocycles. The largest absolute Gasteiger partial charge is 0.496 e. The number of oxazole rings is 1. The fraction of sp³-hybridized carbons (Fsp3) is 0.308. The molecule has 0 aliphatic heterocycles. The Balaban J connectivity index is 2.32. The summed E-state index contributed by atoms with van der Waals surface area (Å²) in [5, 5.41) is 3.03. The van der Waals surface area contributed by atoms with Crippen LogP contribution in [0.15, 0.2) is 28.9 Å². The number of aromatic nitrogens is 1. The molecule has 0 bridgehead atoms. The summed E-state index contributed by atoms with van der Waals surface area (Å²) in [5.41, 5.74) is 2.91. The molecule has 0 spiro atoms. The Bertz CT molecular complexity index is 506. The Morgan fingerprint density at radius 1 is 1.41 bits per heavy atom. The lowest BCUT2D eigenvalue weighted by Crippen LogP contribution is -2.04. The predicted molar refractivity (Wildman–Crippen MR) is 66.0 cm³/mol. The van der Waals surface area contributed by atoms with E-state index in [1.54, 1.807) is 13.4 Å². The molecule has 0 atom stereocenters. The van der Waals surface area contributed by atoms with E-state index in [1.807, 2.05) is 32.2 Å². The summed E-state index contributed by atoms with van der Waals surface area (Å²) in [7, 11) is 3.54. The number of aryl methyl sites for hydroxylation is 1. The lowest BCUT2D eigenvalue weighted by atomic mass is 10.1. The van der Waals surface area contributed by atoms with Gasteiger partial charge in [-0.1, -0.05) is 6.07 Å². The molecule has 0 radical (unpaired) electrons. The first-order valence-electron chi connectivity index (χ1n) is 5.48. The van der Waals surface area contributed by atoms with Gasteiger partial charge >= 0.3 is 0 Å². The zero-order valence-corrected chi connectivity index (χ0v) is 10.3. The van der Waals surface area contributed by atoms with Crippen molar-refractivity contribution in [2.24, 2.45) is 0 Å². The first-order chi connectivity index (χ1) is 8.24. The number of methoxy groups -OCH3 is 1. The maximum absolute atomic E-state index is 5.44. The standard InChI is InChI=1S/C13H16N2O2/c1-9-4-5-10(6-12(9)16-3)13-15-11(7-14-2)8-17-13/h4-6,8,14H,7H2,1-3H3. The number of benzene rings is 1. The minimum absolute atomic E-state index is 0.619. The Labute approximate surface area is 101 Å². The molecular formula is C13H16N2O2. The lowest BCUT2D eigenvalue weighted by molar-refractivity contribution is 0.411. The van der Waals surface area contributed by atoms with E-state index in [9.17, 15) is 0 Å². The number of rotatable bonds is 4. The zero-order valence-electron chi connectivity index (χ0n) is 10.3. The van der Waals surface area contributed by atoms with Gasteiger partial charge in [-0.15, -0.1) is 0 Å². The average molecular weight is 232 g/mol. The zero-order chi connectivity index (χ0) is 12.3. The Kier molecular flexibility index (Phi) is 3.44. The molecule has 90 valence electrons. The summed E-state index contributed by atoms with van der Waals surface area (Å²) in [6.07, 6.45) is 1.66. The third kappa shape index (κ3) is 2.47. The first-order valence-corrected chi connectivity index (χ1v) is 5.48. The van der Waals surface area contributed by atoms with Crippen molar-refractivity contribution in [3.05, 3.63) is 35.7 Å². The second-order valence-electron chi connectivity index (χ2n) is 3.86. The second kappa shape index (κ2) is 5.01. The number of nitrogens with one attached hydrogen (secondary N) is 1. The van der Waals surface area contributed by atoms with Crippen LogP contribution in [0.3, 0.4) is 0 Å². The maximum atomic E-state index is 5.44. The van der Waals surface area contributed by atoms with Gasteiger partial charge in [-0.25, -0.2) is 4.98 Å². The molecule has 2 aromatic rings. The van der Waals surface area contributed by atoms with Crippen LogP contribution >= 0.6 is 0 Å². The van der Waals surface area contributed by atoms with Crippen LogP contribution in [-0.2, 0) is 6.54 Å². The van der Waals surface area contributed by atoms with Gasteiger partial charge in [0.2, 0.25) is 5.89 Å². The van der Waals surface area contributed by atoms with Crippen molar-refractivity contribution < 1.29 is 9.15 Å². The van der Waals surface area contributed by atoms with Gasteiger partial charge < -0.3 is 14.5 Å². The van der Waals surface area contributed by atoms with Crippen LogP contribution in [0.25, 0.3) is 11.5 Å². The van der Waals surface area contributed by atoms with Gasteiger partial charge in [0, 0.05) is 12.1 Å². The first kappa shape index (κ1) is 11.7. The van der Waals surface area contributed by atoms with Crippen LogP contribution in [0.4, 0.5) is 0 Å². The van der Waals surface area contributed by atoms with E-state index in [0.29, 0.717) is 12.4 Å². The molecule has 1 aromatic carbocycles. The fourth-order valence-corrected chi connectivity index (χ4v) is 1.65. The van der Waals surface area contributed by atoms with Crippen molar-refractivity contribution in [1.29, 1.82) is 0 Å². The summed E-state index contributed by atoms with van der Waals surface area (Å²) < 4.78 is 10.7. The van der Waals surface area contributed by atoms with Crippen molar-refractivity contribution in [3.8, 4) is 17.2 Å². The minimum Gasteiger partial charge on any atom is -0.496 e. The van der Waals surface area contributed by atoms with E-state index in [2.05, 4.69) is 10.3 Å². The highest BCUT2D eigenvalue weighted by molar-refractivity contribution is 5.57. The fourth-order valence-electron chi connectivity index (χ4n) is 1.65. The minimum atomic E-state index is 0.619. The van der Waals surface area contributed by atoms with E-state index in [1.165, 1.54) is 0 Å². The highest BCUT2D eigenvalue weighted by Gasteiger charge is 2.08. The molecular weight excluding hydrogens is 216 g/mol. The number of ether oxygens (including phenoxy) is 1. The molecule has 1 heterocycles. The molecule has 4 nitrogen and oxygen atoms in total. The molecule has 0 saturated carbocycles. The van der Waals surface area contributed by atoms with Crippen molar-refractivity contribution in [2.75, 3.05) is 14.2 Å². The molecule has 0 unspecified atom stereocenters. The van der Waals surface area contributed by atoms with Gasteiger partial charge in [-0.05, 0) is 31.7 Å². The van der Waals surface area contributed by atoms with Crippen LogP contribution in [0.1, 0.15) is 11.3 Å². The van der Waals surface area contributed by atoms with Crippen molar-refractivity contribution in [2.45, 2.75) is 13.5 Å². The topological polar surface area (TPSA) is 47.3 Å². The maximum Gasteiger partial charge on any atom is 0.226 e. The van der Waals surface area contributed by atoms with E-state index in [-0.39, 0.29) is 0 Å². The van der Waals surface area contributed by atoms with Crippen LogP contribution < -0.4 is 10.1 Å². The summed E-state index contributed by atoms with van der Waals surface area (Å²) >= 11 is 0. The highest BCUT2D eigenvalue weighted by atomic mass is 16.5. The smallest absolute Gasteiger partial charge is 0.226 e. The Morgan fingerprint density at radius 2 is 2.24 bits per heavy atom. The van der Waals surface area contributed by atoms with E-state index in [4.69, 9.17) is 9.15 Å². The van der Waals surface area contributed by atoms with Gasteiger partial charge in [0.1, 0.15) is 12.0 Å². The highest BCUT2D eigenvalue weighted by Crippen LogP contribution is 2.26. The lowest BCUT2D eigenvalue weighted by Gasteiger charge is -2.05. The predicted octanol–water partition coefficient (Wildman–Crippen LogP) is 2.38. The Morgan fingerprint density at radius 3 is 2.94 bits per heavy atom. The molecule has 0 saturated heterocycles. The third-order valence-corrected chi connectivity index (χ3v) is 2.56. The van der Waals surface area contributed by atoms with Gasteiger partial charge in [-0.3, -0.25) is 0 Å². The molecule has 0 aliphatic rings. The molecule has 0 amide bonds. The molecule has 0 fully saturated rings. The van der Waals surface area contributed by atoms with E-state index in [0.717, 1.165) is 22.6 Å². The third-order valence-electron chi connectivity index (χ3n) is 2.56. The Hall–Kier alpha value is -1.81. The SMILES string of the molecule is CNCc1coc(-c2ccc(C)c(OC)c2)n1. The summed E-state index contributed by atoms with van der Waals surface area (Å²) in [6, 6.07) is 5.91. The molecule has 17 heavy (non-hydrogen) atoms. The van der Waals surface area contributed by atoms with Crippen LogP contribution in [0.2, 0.25) is 0 Å². The van der Waals surface area contributed by atoms with Gasteiger partial charge in [-0.2, -0.15) is 0 Å². The summed E-state index contributed by atoms with van der Waals surface area (Å²) in [4.78, 5) is 4.39. The number of hydrogen-bond donors (Lipinski definition) is 1. The van der Waals surface area contributed by atoms with Gasteiger partial charge in [0.15, 0.2) is 0 Å². The van der Waals surface area contributed by atoms with Gasteiger partial charge in [0.05, 0.1) is 12.8 Å². The van der Waals surface area contributed by atoms with Crippen LogP contribution in [0.5, 0.6) is 5.75 Å². The van der Waals surface area contributed by atoms with Crippen molar-refractivity contribution >= 4 is 0 Å². The second-order valence-corrected chi connectivity index (χ2v) is 3.86. The number of nitrogens with zero attached hydrogens (tertiary/aromatic N) is 1. The molecule has 1 N–H and O–H groups in total. The van der Waals surface area contributed by atoms with Crippen LogP contribution in [0, 0.1) is 6.92 Å². The number of hydrogen-bond acceptors (Lipinski definition) is 4. The van der Waals surface area contributed by atoms with Crippen LogP contribution in [-0.4, -0.2) is 19.1 Å². The average Bonchev–Trinajstić information content (AvgIpc) is 2.79. The van der Waals surface area contributed by atoms with Crippen molar-refractivity contribution in [3.63, 3.8) is 0 Å².